The summed E-state index contributed by atoms with van der Waals surface area (Å²) in [5.74, 6) is -0.352. The van der Waals surface area contributed by atoms with Crippen LogP contribution in [0.5, 0.6) is 0 Å². The lowest BCUT2D eigenvalue weighted by Gasteiger charge is -2.30. The molecule has 0 saturated carbocycles. The van der Waals surface area contributed by atoms with Crippen molar-refractivity contribution in [2.75, 3.05) is 18.4 Å². The van der Waals surface area contributed by atoms with Gasteiger partial charge in [0.15, 0.2) is 5.13 Å². The molecule has 0 spiro atoms. The number of aromatic nitrogens is 2. The van der Waals surface area contributed by atoms with Gasteiger partial charge in [-0.25, -0.2) is 13.4 Å². The number of hydrogen-bond donors (Lipinski definition) is 2. The second kappa shape index (κ2) is 8.98. The first-order valence-electron chi connectivity index (χ1n) is 11.2. The average Bonchev–Trinajstić information content (AvgIpc) is 3.47. The molecule has 0 unspecified atom stereocenters. The van der Waals surface area contributed by atoms with Crippen LogP contribution < -0.4 is 5.32 Å². The van der Waals surface area contributed by atoms with Crippen molar-refractivity contribution in [1.82, 2.24) is 14.3 Å². The molecule has 0 aliphatic carbocycles. The van der Waals surface area contributed by atoms with Gasteiger partial charge in [-0.2, -0.15) is 4.31 Å². The number of carbonyl (C=O) groups is 1. The Kier molecular flexibility index (Phi) is 6.01. The van der Waals surface area contributed by atoms with Gasteiger partial charge in [0.2, 0.25) is 15.9 Å². The molecule has 1 aliphatic heterocycles. The van der Waals surface area contributed by atoms with Crippen LogP contribution in [-0.2, 0) is 14.8 Å². The molecule has 1 saturated heterocycles. The number of para-hydroxylation sites is 1. The van der Waals surface area contributed by atoms with Crippen LogP contribution >= 0.6 is 11.3 Å². The molecular weight excluding hydrogens is 468 g/mol. The number of rotatable bonds is 5. The lowest BCUT2D eigenvalue weighted by molar-refractivity contribution is -0.120. The van der Waals surface area contributed by atoms with Crippen LogP contribution in [0.2, 0.25) is 0 Å². The summed E-state index contributed by atoms with van der Waals surface area (Å²) in [6.45, 7) is 4.52. The van der Waals surface area contributed by atoms with Gasteiger partial charge in [0.25, 0.3) is 0 Å². The average molecular weight is 495 g/mol. The molecule has 7 nitrogen and oxygen atoms in total. The molecule has 2 N–H and O–H groups in total. The van der Waals surface area contributed by atoms with Gasteiger partial charge in [-0.1, -0.05) is 24.3 Å². The maximum Gasteiger partial charge on any atom is 0.243 e. The van der Waals surface area contributed by atoms with Gasteiger partial charge < -0.3 is 10.3 Å². The van der Waals surface area contributed by atoms with Crippen molar-refractivity contribution in [2.24, 2.45) is 5.92 Å². The summed E-state index contributed by atoms with van der Waals surface area (Å²) in [6.07, 6.45) is 2.89. The minimum Gasteiger partial charge on any atom is -0.360 e. The molecule has 3 heterocycles. The third-order valence-corrected chi connectivity index (χ3v) is 9.19. The predicted octanol–water partition coefficient (Wildman–Crippen LogP) is 4.95. The summed E-state index contributed by atoms with van der Waals surface area (Å²) in [6, 6.07) is 13.2. The quantitative estimate of drug-likeness (QED) is 0.410. The smallest absolute Gasteiger partial charge is 0.243 e. The van der Waals surface area contributed by atoms with Crippen molar-refractivity contribution in [2.45, 2.75) is 31.6 Å². The van der Waals surface area contributed by atoms with E-state index in [9.17, 15) is 13.2 Å². The topological polar surface area (TPSA) is 95.2 Å². The molecule has 4 aromatic rings. The third-order valence-electron chi connectivity index (χ3n) is 6.54. The van der Waals surface area contributed by atoms with E-state index in [4.69, 9.17) is 0 Å². The van der Waals surface area contributed by atoms with Gasteiger partial charge in [-0.05, 0) is 56.0 Å². The van der Waals surface area contributed by atoms with Gasteiger partial charge in [0.1, 0.15) is 0 Å². The Hall–Kier alpha value is -3.01. The van der Waals surface area contributed by atoms with E-state index in [-0.39, 0.29) is 11.8 Å². The number of hydrogen-bond acceptors (Lipinski definition) is 5. The minimum absolute atomic E-state index is 0.108. The number of anilines is 1. The monoisotopic (exact) mass is 494 g/mol. The lowest BCUT2D eigenvalue weighted by atomic mass is 9.97. The standard InChI is InChI=1S/C25H26N4O3S2/c1-16-7-8-19(13-17(16)2)34(31,32)29-11-9-18(10-12-29)24(30)28-25-27-23(15-33-25)21-14-26-22-6-4-3-5-20(21)22/h3-8,13-15,18,26H,9-12H2,1-2H3,(H,27,28,30). The van der Waals surface area contributed by atoms with Crippen molar-refractivity contribution >= 4 is 43.3 Å². The molecular formula is C25H26N4O3S2. The van der Waals surface area contributed by atoms with Crippen molar-refractivity contribution in [3.05, 3.63) is 65.2 Å². The predicted molar refractivity (Wildman–Crippen MR) is 135 cm³/mol. The fourth-order valence-electron chi connectivity index (χ4n) is 4.33. The molecule has 9 heteroatoms. The Morgan fingerprint density at radius 3 is 2.65 bits per heavy atom. The SMILES string of the molecule is Cc1ccc(S(=O)(=O)N2CCC(C(=O)Nc3nc(-c4c[nH]c5ccccc45)cs3)CC2)cc1C. The van der Waals surface area contributed by atoms with E-state index in [1.54, 1.807) is 12.1 Å². The maximum absolute atomic E-state index is 13.0. The Labute approximate surface area is 202 Å². The fourth-order valence-corrected chi connectivity index (χ4v) is 6.60. The minimum atomic E-state index is -3.56. The number of thiazole rings is 1. The van der Waals surface area contributed by atoms with Gasteiger partial charge in [-0.15, -0.1) is 11.3 Å². The number of benzene rings is 2. The number of aryl methyl sites for hydroxylation is 2. The van der Waals surface area contributed by atoms with Crippen molar-refractivity contribution < 1.29 is 13.2 Å². The first kappa shape index (κ1) is 22.8. The molecule has 34 heavy (non-hydrogen) atoms. The molecule has 0 atom stereocenters. The van der Waals surface area contributed by atoms with Crippen LogP contribution in [0.1, 0.15) is 24.0 Å². The van der Waals surface area contributed by atoms with Crippen LogP contribution in [0.15, 0.2) is 58.9 Å². The molecule has 176 valence electrons. The number of H-pyrrole nitrogens is 1. The van der Waals surface area contributed by atoms with E-state index >= 15 is 0 Å². The number of nitrogens with one attached hydrogen (secondary N) is 2. The molecule has 0 bridgehead atoms. The zero-order valence-corrected chi connectivity index (χ0v) is 20.7. The van der Waals surface area contributed by atoms with E-state index in [0.717, 1.165) is 33.3 Å². The summed E-state index contributed by atoms with van der Waals surface area (Å²) >= 11 is 1.39. The Balaban J connectivity index is 1.22. The Morgan fingerprint density at radius 1 is 1.12 bits per heavy atom. The number of carbonyl (C=O) groups excluding carboxylic acids is 1. The summed E-state index contributed by atoms with van der Waals surface area (Å²) < 4.78 is 27.6. The number of piperidine rings is 1. The molecule has 2 aromatic carbocycles. The second-order valence-electron chi connectivity index (χ2n) is 8.70. The highest BCUT2D eigenvalue weighted by Crippen LogP contribution is 2.32. The molecule has 0 radical (unpaired) electrons. The van der Waals surface area contributed by atoms with E-state index in [0.29, 0.717) is 36.0 Å². The normalized spacial score (nSPS) is 15.6. The molecule has 1 amide bonds. The zero-order valence-electron chi connectivity index (χ0n) is 19.0. The largest absolute Gasteiger partial charge is 0.360 e. The number of sulfonamides is 1. The number of amides is 1. The Bertz CT molecular complexity index is 1460. The maximum atomic E-state index is 13.0. The van der Waals surface area contributed by atoms with Gasteiger partial charge in [0, 0.05) is 47.1 Å². The van der Waals surface area contributed by atoms with Crippen LogP contribution in [-0.4, -0.2) is 41.7 Å². The summed E-state index contributed by atoms with van der Waals surface area (Å²) in [5.41, 5.74) is 4.86. The highest BCUT2D eigenvalue weighted by atomic mass is 32.2. The van der Waals surface area contributed by atoms with Crippen LogP contribution in [0.3, 0.4) is 0 Å². The second-order valence-corrected chi connectivity index (χ2v) is 11.5. The summed E-state index contributed by atoms with van der Waals surface area (Å²) in [5, 5.41) is 6.50. The van der Waals surface area contributed by atoms with Crippen LogP contribution in [0, 0.1) is 19.8 Å². The fraction of sp³-hybridized carbons (Fsp3) is 0.280. The first-order valence-corrected chi connectivity index (χ1v) is 13.5. The van der Waals surface area contributed by atoms with Crippen molar-refractivity contribution in [3.8, 4) is 11.3 Å². The van der Waals surface area contributed by atoms with E-state index in [1.807, 2.05) is 55.8 Å². The van der Waals surface area contributed by atoms with E-state index < -0.39 is 10.0 Å². The molecule has 5 rings (SSSR count). The van der Waals surface area contributed by atoms with Crippen LogP contribution in [0.25, 0.3) is 22.2 Å². The van der Waals surface area contributed by atoms with E-state index in [2.05, 4.69) is 15.3 Å². The summed E-state index contributed by atoms with van der Waals surface area (Å²) in [4.78, 5) is 21.0. The lowest BCUT2D eigenvalue weighted by Crippen LogP contribution is -2.41. The molecule has 2 aromatic heterocycles. The van der Waals surface area contributed by atoms with E-state index in [1.165, 1.54) is 15.6 Å². The van der Waals surface area contributed by atoms with Crippen LogP contribution in [0.4, 0.5) is 5.13 Å². The zero-order chi connectivity index (χ0) is 23.9. The van der Waals surface area contributed by atoms with Gasteiger partial charge >= 0.3 is 0 Å². The van der Waals surface area contributed by atoms with Gasteiger partial charge in [0.05, 0.1) is 10.6 Å². The van der Waals surface area contributed by atoms with Gasteiger partial charge in [-0.3, -0.25) is 4.79 Å². The number of fused-ring (bicyclic) bond motifs is 1. The third kappa shape index (κ3) is 4.26. The van der Waals surface area contributed by atoms with Crippen molar-refractivity contribution in [3.63, 3.8) is 0 Å². The first-order chi connectivity index (χ1) is 16.3. The molecule has 1 fully saturated rings. The highest BCUT2D eigenvalue weighted by Gasteiger charge is 2.32. The van der Waals surface area contributed by atoms with Crippen molar-refractivity contribution in [1.29, 1.82) is 0 Å². The number of aromatic amines is 1. The summed E-state index contributed by atoms with van der Waals surface area (Å²) in [7, 11) is -3.56. The molecule has 1 aliphatic rings. The highest BCUT2D eigenvalue weighted by molar-refractivity contribution is 7.89. The number of nitrogens with zero attached hydrogens (tertiary/aromatic N) is 2. The Morgan fingerprint density at radius 2 is 1.88 bits per heavy atom.